The molecule has 1 saturated carbocycles. The van der Waals surface area contributed by atoms with E-state index in [-0.39, 0.29) is 6.42 Å². The van der Waals surface area contributed by atoms with Gasteiger partial charge in [-0.25, -0.2) is 8.78 Å². The van der Waals surface area contributed by atoms with Gasteiger partial charge < -0.3 is 4.90 Å². The molecule has 0 N–H and O–H groups in total. The molecule has 1 aromatic rings. The Morgan fingerprint density at radius 1 is 1.38 bits per heavy atom. The zero-order valence-electron chi connectivity index (χ0n) is 9.07. The number of nitrogens with zero attached hydrogens (tertiary/aromatic N) is 1. The Labute approximate surface area is 94.4 Å². The summed E-state index contributed by atoms with van der Waals surface area (Å²) in [4.78, 5) is 1.64. The predicted molar refractivity (Wildman–Crippen MR) is 60.2 cm³/mol. The Balaban J connectivity index is 2.04. The lowest BCUT2D eigenvalue weighted by molar-refractivity contribution is -0.140. The molecule has 2 rings (SSSR count). The fourth-order valence-electron chi connectivity index (χ4n) is 2.00. The third-order valence-corrected chi connectivity index (χ3v) is 3.08. The lowest BCUT2D eigenvalue weighted by Crippen LogP contribution is -2.52. The van der Waals surface area contributed by atoms with Crippen LogP contribution in [0.3, 0.4) is 0 Å². The molecule has 1 atom stereocenters. The minimum absolute atomic E-state index is 0.00318. The lowest BCUT2D eigenvalue weighted by Gasteiger charge is -2.43. The monoisotopic (exact) mass is 223 g/mol. The summed E-state index contributed by atoms with van der Waals surface area (Å²) < 4.78 is 26.5. The highest BCUT2D eigenvalue weighted by atomic mass is 19.3. The van der Waals surface area contributed by atoms with Crippen molar-refractivity contribution in [3.05, 3.63) is 48.7 Å². The van der Waals surface area contributed by atoms with Gasteiger partial charge in [0.1, 0.15) is 0 Å². The number of halogens is 2. The smallest absolute Gasteiger partial charge is 0.268 e. The van der Waals surface area contributed by atoms with E-state index in [1.807, 2.05) is 30.3 Å². The predicted octanol–water partition coefficient (Wildman–Crippen LogP) is 3.43. The summed E-state index contributed by atoms with van der Waals surface area (Å²) in [6.07, 6.45) is 2.06. The highest BCUT2D eigenvalue weighted by Gasteiger charge is 2.50. The maximum Gasteiger partial charge on any atom is 0.268 e. The van der Waals surface area contributed by atoms with Gasteiger partial charge in [-0.2, -0.15) is 0 Å². The van der Waals surface area contributed by atoms with Gasteiger partial charge in [-0.05, 0) is 18.2 Å². The first kappa shape index (κ1) is 11.1. The summed E-state index contributed by atoms with van der Waals surface area (Å²) in [6, 6.07) is 8.94. The highest BCUT2D eigenvalue weighted by Crippen LogP contribution is 2.41. The van der Waals surface area contributed by atoms with Crippen LogP contribution in [0.5, 0.6) is 0 Å². The van der Waals surface area contributed by atoms with Gasteiger partial charge in [0, 0.05) is 13.0 Å². The first-order valence-electron chi connectivity index (χ1n) is 5.43. The van der Waals surface area contributed by atoms with Crippen molar-refractivity contribution in [1.82, 2.24) is 4.90 Å². The summed E-state index contributed by atoms with van der Waals surface area (Å²) in [6.45, 7) is 4.12. The number of hydrogen-bond donors (Lipinski definition) is 0. The van der Waals surface area contributed by atoms with E-state index in [2.05, 4.69) is 6.58 Å². The Kier molecular flexibility index (Phi) is 2.95. The van der Waals surface area contributed by atoms with Gasteiger partial charge in [0.05, 0.1) is 6.04 Å². The van der Waals surface area contributed by atoms with Crippen LogP contribution in [0.25, 0.3) is 0 Å². The molecule has 0 aromatic heterocycles. The Morgan fingerprint density at radius 2 is 2.06 bits per heavy atom. The van der Waals surface area contributed by atoms with Crippen molar-refractivity contribution in [3.63, 3.8) is 0 Å². The molecule has 0 bridgehead atoms. The second-order valence-electron chi connectivity index (χ2n) is 4.16. The summed E-state index contributed by atoms with van der Waals surface area (Å²) in [5.74, 6) is -2.55. The second-order valence-corrected chi connectivity index (χ2v) is 4.16. The zero-order chi connectivity index (χ0) is 11.6. The molecule has 0 heterocycles. The summed E-state index contributed by atoms with van der Waals surface area (Å²) in [7, 11) is 0. The lowest BCUT2D eigenvalue weighted by atomic mass is 9.86. The molecule has 16 heavy (non-hydrogen) atoms. The molecule has 1 aliphatic carbocycles. The molecule has 0 aliphatic heterocycles. The van der Waals surface area contributed by atoms with Gasteiger partial charge in [0.2, 0.25) is 0 Å². The van der Waals surface area contributed by atoms with Gasteiger partial charge in [0.15, 0.2) is 0 Å². The van der Waals surface area contributed by atoms with Crippen LogP contribution in [0.15, 0.2) is 43.1 Å². The van der Waals surface area contributed by atoms with E-state index < -0.39 is 12.0 Å². The normalized spacial score (nSPS) is 22.2. The molecule has 1 fully saturated rings. The van der Waals surface area contributed by atoms with Crippen molar-refractivity contribution in [2.75, 3.05) is 0 Å². The molecule has 1 aromatic carbocycles. The first-order valence-corrected chi connectivity index (χ1v) is 5.43. The average Bonchev–Trinajstić information content (AvgIpc) is 2.28. The molecular weight excluding hydrogens is 208 g/mol. The largest absolute Gasteiger partial charge is 0.365 e. The minimum atomic E-state index is -2.55. The number of rotatable bonds is 4. The van der Waals surface area contributed by atoms with Crippen LogP contribution in [-0.2, 0) is 6.54 Å². The van der Waals surface area contributed by atoms with E-state index in [9.17, 15) is 8.78 Å². The fourth-order valence-corrected chi connectivity index (χ4v) is 2.00. The van der Waals surface area contributed by atoms with E-state index in [0.29, 0.717) is 13.0 Å². The van der Waals surface area contributed by atoms with Gasteiger partial charge in [-0.1, -0.05) is 36.9 Å². The second kappa shape index (κ2) is 4.24. The summed E-state index contributed by atoms with van der Waals surface area (Å²) >= 11 is 0. The van der Waals surface area contributed by atoms with Crippen LogP contribution in [0.1, 0.15) is 18.4 Å². The van der Waals surface area contributed by atoms with Crippen molar-refractivity contribution in [1.29, 1.82) is 0 Å². The molecular formula is C13H15F2N. The Bertz CT molecular complexity index is 361. The Hall–Kier alpha value is -1.38. The number of hydrogen-bond acceptors (Lipinski definition) is 1. The molecule has 1 nitrogen and oxygen atoms in total. The maximum atomic E-state index is 13.3. The van der Waals surface area contributed by atoms with Crippen molar-refractivity contribution in [2.45, 2.75) is 31.4 Å². The minimum Gasteiger partial charge on any atom is -0.365 e. The van der Waals surface area contributed by atoms with Crippen LogP contribution in [0.4, 0.5) is 8.78 Å². The summed E-state index contributed by atoms with van der Waals surface area (Å²) in [5, 5.41) is 0. The molecule has 0 radical (unpaired) electrons. The van der Waals surface area contributed by atoms with E-state index in [4.69, 9.17) is 0 Å². The molecule has 86 valence electrons. The van der Waals surface area contributed by atoms with E-state index in [1.165, 1.54) is 6.20 Å². The van der Waals surface area contributed by atoms with Gasteiger partial charge in [-0.15, -0.1) is 0 Å². The van der Waals surface area contributed by atoms with Crippen molar-refractivity contribution < 1.29 is 8.78 Å². The standard InChI is InChI=1S/C13H15F2N/c1-2-16(12-8-9-13(12,14)15)10-11-6-4-3-5-7-11/h2-7,12H,1,8-10H2. The van der Waals surface area contributed by atoms with Gasteiger partial charge in [0.25, 0.3) is 5.92 Å². The number of alkyl halides is 2. The molecule has 0 spiro atoms. The number of benzene rings is 1. The van der Waals surface area contributed by atoms with Crippen LogP contribution in [-0.4, -0.2) is 16.9 Å². The van der Waals surface area contributed by atoms with Crippen molar-refractivity contribution in [2.24, 2.45) is 0 Å². The van der Waals surface area contributed by atoms with E-state index >= 15 is 0 Å². The SMILES string of the molecule is C=CN(Cc1ccccc1)C1CCC1(F)F. The van der Waals surface area contributed by atoms with Crippen LogP contribution in [0.2, 0.25) is 0 Å². The third kappa shape index (κ3) is 2.08. The molecule has 0 amide bonds. The summed E-state index contributed by atoms with van der Waals surface area (Å²) in [5.41, 5.74) is 1.03. The van der Waals surface area contributed by atoms with E-state index in [0.717, 1.165) is 5.56 Å². The maximum absolute atomic E-state index is 13.3. The highest BCUT2D eigenvalue weighted by molar-refractivity contribution is 5.15. The van der Waals surface area contributed by atoms with Crippen LogP contribution < -0.4 is 0 Å². The van der Waals surface area contributed by atoms with Gasteiger partial charge in [-0.3, -0.25) is 0 Å². The van der Waals surface area contributed by atoms with Gasteiger partial charge >= 0.3 is 0 Å². The Morgan fingerprint density at radius 3 is 2.50 bits per heavy atom. The van der Waals surface area contributed by atoms with Crippen LogP contribution in [0, 0.1) is 0 Å². The van der Waals surface area contributed by atoms with E-state index in [1.54, 1.807) is 4.90 Å². The molecule has 3 heteroatoms. The fraction of sp³-hybridized carbons (Fsp3) is 0.385. The first-order chi connectivity index (χ1) is 7.63. The van der Waals surface area contributed by atoms with Crippen molar-refractivity contribution in [3.8, 4) is 0 Å². The topological polar surface area (TPSA) is 3.24 Å². The average molecular weight is 223 g/mol. The molecule has 0 saturated heterocycles. The quantitative estimate of drug-likeness (QED) is 0.755. The molecule has 1 aliphatic rings. The van der Waals surface area contributed by atoms with Crippen molar-refractivity contribution >= 4 is 0 Å². The third-order valence-electron chi connectivity index (χ3n) is 3.08. The molecule has 1 unspecified atom stereocenters. The zero-order valence-corrected chi connectivity index (χ0v) is 9.07. The van der Waals surface area contributed by atoms with Crippen LogP contribution >= 0.6 is 0 Å².